The number of nitrogens with one attached hydrogen (secondary N) is 1. The summed E-state index contributed by atoms with van der Waals surface area (Å²) in [6.45, 7) is 2.13. The second-order valence-corrected chi connectivity index (χ2v) is 15.1. The summed E-state index contributed by atoms with van der Waals surface area (Å²) in [6.07, 6.45) is 8.70. The largest absolute Gasteiger partial charge is 0.354 e. The Hall–Kier alpha value is -4.66. The number of thiophene rings is 4. The molecule has 0 amide bonds. The second kappa shape index (κ2) is 11.3. The Labute approximate surface area is 282 Å². The van der Waals surface area contributed by atoms with Gasteiger partial charge in [0.15, 0.2) is 0 Å². The molecule has 8 bridgehead atoms. The molecule has 7 heteroatoms. The molecule has 2 aliphatic rings. The van der Waals surface area contributed by atoms with E-state index in [-0.39, 0.29) is 0 Å². The fraction of sp³-hybridized carbons (Fsp3) is 0.0256. The minimum absolute atomic E-state index is 0.955. The molecule has 9 rings (SSSR count). The van der Waals surface area contributed by atoms with E-state index in [9.17, 15) is 0 Å². The smallest absolute Gasteiger partial charge is 0.0745 e. The Morgan fingerprint density at radius 2 is 0.935 bits per heavy atom. The van der Waals surface area contributed by atoms with E-state index in [0.29, 0.717) is 0 Å². The minimum Gasteiger partial charge on any atom is -0.354 e. The molecule has 1 aromatic carbocycles. The van der Waals surface area contributed by atoms with E-state index in [1.165, 1.54) is 29.6 Å². The summed E-state index contributed by atoms with van der Waals surface area (Å²) < 4.78 is 2.37. The van der Waals surface area contributed by atoms with Crippen molar-refractivity contribution < 1.29 is 0 Å². The van der Waals surface area contributed by atoms with Crippen LogP contribution < -0.4 is 0 Å². The average Bonchev–Trinajstić information content (AvgIpc) is 3.91. The number of nitrogens with zero attached hydrogens (tertiary/aromatic N) is 2. The summed E-state index contributed by atoms with van der Waals surface area (Å²) in [4.78, 5) is 18.1. The van der Waals surface area contributed by atoms with Crippen LogP contribution in [0.4, 0.5) is 0 Å². The summed E-state index contributed by atoms with van der Waals surface area (Å²) in [6, 6.07) is 30.6. The lowest BCUT2D eigenvalue weighted by Crippen LogP contribution is -1.86. The Bertz CT molecular complexity index is 2420. The van der Waals surface area contributed by atoms with Crippen LogP contribution in [-0.2, 0) is 0 Å². The number of aryl methyl sites for hydroxylation is 1. The minimum atomic E-state index is 0.955. The van der Waals surface area contributed by atoms with E-state index in [4.69, 9.17) is 9.97 Å². The van der Waals surface area contributed by atoms with Crippen molar-refractivity contribution in [1.29, 1.82) is 0 Å². The molecule has 0 atom stereocenters. The highest BCUT2D eigenvalue weighted by atomic mass is 32.1. The zero-order chi connectivity index (χ0) is 30.6. The van der Waals surface area contributed by atoms with Crippen molar-refractivity contribution in [2.75, 3.05) is 0 Å². The standard InChI is InChI=1S/C39H25N3S4/c1-23-8-10-24(11-9-23)36-25-12-13-26(40-25)37(31-5-2-20-43-31)27-14-15-28(41-27)38(32-6-3-21-44-32)29-16-17-30(42-29)39(33-7-4-22-45-33)35-19-18-34(36)46-35/h2-22,41H,1H3. The fourth-order valence-electron chi connectivity index (χ4n) is 6.14. The van der Waals surface area contributed by atoms with E-state index in [2.05, 4.69) is 137 Å². The number of rotatable bonds is 4. The average molecular weight is 664 g/mol. The van der Waals surface area contributed by atoms with Gasteiger partial charge in [0.2, 0.25) is 0 Å². The maximum Gasteiger partial charge on any atom is 0.0745 e. The van der Waals surface area contributed by atoms with E-state index in [0.717, 1.165) is 61.6 Å². The van der Waals surface area contributed by atoms with Gasteiger partial charge in [-0.2, -0.15) is 0 Å². The van der Waals surface area contributed by atoms with Crippen LogP contribution >= 0.6 is 45.3 Å². The van der Waals surface area contributed by atoms with Crippen molar-refractivity contribution in [3.8, 4) is 42.4 Å². The zero-order valence-electron chi connectivity index (χ0n) is 24.7. The number of H-pyrrole nitrogens is 1. The summed E-state index contributed by atoms with van der Waals surface area (Å²) in [5, 5.41) is 6.41. The molecule has 2 aliphatic heterocycles. The van der Waals surface area contributed by atoms with Gasteiger partial charge >= 0.3 is 0 Å². The first kappa shape index (κ1) is 27.6. The monoisotopic (exact) mass is 663 g/mol. The van der Waals surface area contributed by atoms with E-state index in [1.54, 1.807) is 34.0 Å². The van der Waals surface area contributed by atoms with Gasteiger partial charge < -0.3 is 4.98 Å². The van der Waals surface area contributed by atoms with Gasteiger partial charge in [0.1, 0.15) is 0 Å². The quantitative estimate of drug-likeness (QED) is 0.204. The Kier molecular flexibility index (Phi) is 6.79. The van der Waals surface area contributed by atoms with E-state index >= 15 is 0 Å². The van der Waals surface area contributed by atoms with Crippen molar-refractivity contribution in [3.05, 3.63) is 129 Å². The van der Waals surface area contributed by atoms with Crippen LogP contribution in [0.2, 0.25) is 0 Å². The highest BCUT2D eigenvalue weighted by Gasteiger charge is 2.19. The third kappa shape index (κ3) is 4.75. The second-order valence-electron chi connectivity index (χ2n) is 11.2. The van der Waals surface area contributed by atoms with Crippen molar-refractivity contribution in [2.24, 2.45) is 0 Å². The van der Waals surface area contributed by atoms with Crippen molar-refractivity contribution >= 4 is 90.1 Å². The predicted molar refractivity (Wildman–Crippen MR) is 202 cm³/mol. The topological polar surface area (TPSA) is 41.6 Å². The molecule has 0 fully saturated rings. The molecule has 3 nitrogen and oxygen atoms in total. The summed E-state index contributed by atoms with van der Waals surface area (Å²) >= 11 is 7.03. The Morgan fingerprint density at radius 1 is 0.478 bits per heavy atom. The van der Waals surface area contributed by atoms with Crippen molar-refractivity contribution in [1.82, 2.24) is 15.0 Å². The van der Waals surface area contributed by atoms with Gasteiger partial charge in [-0.3, -0.25) is 0 Å². The highest BCUT2D eigenvalue weighted by Crippen LogP contribution is 2.42. The molecule has 46 heavy (non-hydrogen) atoms. The first-order valence-corrected chi connectivity index (χ1v) is 18.4. The Balaban J connectivity index is 1.48. The predicted octanol–water partition coefficient (Wildman–Crippen LogP) is 12.5. The van der Waals surface area contributed by atoms with Crippen LogP contribution in [0.15, 0.2) is 101 Å². The van der Waals surface area contributed by atoms with Crippen LogP contribution in [0.3, 0.4) is 0 Å². The maximum absolute atomic E-state index is 5.37. The zero-order valence-corrected chi connectivity index (χ0v) is 27.9. The molecule has 0 saturated carbocycles. The maximum atomic E-state index is 5.37. The molecule has 0 saturated heterocycles. The molecule has 0 spiro atoms. The van der Waals surface area contributed by atoms with Gasteiger partial charge in [-0.15, -0.1) is 45.3 Å². The Morgan fingerprint density at radius 3 is 1.43 bits per heavy atom. The van der Waals surface area contributed by atoms with Crippen LogP contribution in [0, 0.1) is 6.92 Å². The lowest BCUT2D eigenvalue weighted by molar-refractivity contribution is 1.32. The first-order chi connectivity index (χ1) is 22.7. The highest BCUT2D eigenvalue weighted by molar-refractivity contribution is 7.25. The fourth-order valence-corrected chi connectivity index (χ4v) is 9.74. The molecule has 0 aliphatic carbocycles. The summed E-state index contributed by atoms with van der Waals surface area (Å²) in [7, 11) is 0. The van der Waals surface area contributed by atoms with Gasteiger partial charge in [-0.25, -0.2) is 9.97 Å². The number of hydrogen-bond donors (Lipinski definition) is 1. The van der Waals surface area contributed by atoms with Crippen molar-refractivity contribution in [3.63, 3.8) is 0 Å². The SMILES string of the molecule is Cc1ccc(-c2c3nc(c(-c4cccs4)c4ccc([nH]4)c(-c4cccs4)c4nc(c(-c5cccs5)c5ccc2s5)C=C4)C=C3)cc1. The summed E-state index contributed by atoms with van der Waals surface area (Å²) in [5.41, 5.74) is 12.9. The van der Waals surface area contributed by atoms with E-state index < -0.39 is 0 Å². The van der Waals surface area contributed by atoms with Gasteiger partial charge in [-0.1, -0.05) is 48.0 Å². The van der Waals surface area contributed by atoms with E-state index in [1.807, 2.05) is 11.3 Å². The molecule has 8 heterocycles. The number of fused-ring (bicyclic) bond motifs is 8. The lowest BCUT2D eigenvalue weighted by atomic mass is 10.0. The van der Waals surface area contributed by atoms with Gasteiger partial charge in [-0.05, 0) is 95.4 Å². The van der Waals surface area contributed by atoms with Crippen LogP contribution in [0.25, 0.3) is 87.2 Å². The first-order valence-electron chi connectivity index (χ1n) is 15.0. The van der Waals surface area contributed by atoms with Crippen LogP contribution in [-0.4, -0.2) is 15.0 Å². The molecule has 1 N–H and O–H groups in total. The number of hydrogen-bond acceptors (Lipinski definition) is 6. The van der Waals surface area contributed by atoms with Crippen LogP contribution in [0.5, 0.6) is 0 Å². The molecule has 7 aromatic rings. The number of aromatic nitrogens is 3. The molecule has 0 unspecified atom stereocenters. The van der Waals surface area contributed by atoms with Crippen molar-refractivity contribution in [2.45, 2.75) is 6.92 Å². The molecular weight excluding hydrogens is 639 g/mol. The lowest BCUT2D eigenvalue weighted by Gasteiger charge is -2.05. The third-order valence-corrected chi connectivity index (χ3v) is 12.1. The molecule has 0 radical (unpaired) electrons. The van der Waals surface area contributed by atoms with Gasteiger partial charge in [0.05, 0.1) is 22.8 Å². The number of benzene rings is 1. The third-order valence-electron chi connectivity index (χ3n) is 8.27. The molecule has 220 valence electrons. The normalized spacial score (nSPS) is 12.3. The van der Waals surface area contributed by atoms with Gasteiger partial charge in [0, 0.05) is 57.3 Å². The van der Waals surface area contributed by atoms with Crippen LogP contribution in [0.1, 0.15) is 28.3 Å². The summed E-state index contributed by atoms with van der Waals surface area (Å²) in [5.74, 6) is 0. The van der Waals surface area contributed by atoms with Gasteiger partial charge in [0.25, 0.3) is 0 Å². The number of aromatic amines is 1. The molecular formula is C39H25N3S4. The molecule has 6 aromatic heterocycles.